The van der Waals surface area contributed by atoms with Crippen molar-refractivity contribution in [2.24, 2.45) is 0 Å². The van der Waals surface area contributed by atoms with Gasteiger partial charge >= 0.3 is 0 Å². The van der Waals surface area contributed by atoms with Gasteiger partial charge in [-0.15, -0.1) is 0 Å². The molecule has 0 radical (unpaired) electrons. The third-order valence-corrected chi connectivity index (χ3v) is 10.6. The standard InChI is InChI=1S/C51H32N4O/c1-5-17-33(18-6-1)37-31-42(34-19-7-2-8-20-34)46-40-25-13-14-29-43(40)55(45(46)32-37)44-30-16-27-39-38-26-15-28-41(47(38)56-48(39)44)51-53-49(35-21-9-3-10-22-35)52-50(54-51)36-23-11-4-12-24-36/h1-32H. The number of furan rings is 1. The average Bonchev–Trinajstić information content (AvgIpc) is 3.83. The summed E-state index contributed by atoms with van der Waals surface area (Å²) in [7, 11) is 0. The second kappa shape index (κ2) is 13.0. The normalized spacial score (nSPS) is 11.6. The fraction of sp³-hybridized carbons (Fsp3) is 0. The van der Waals surface area contributed by atoms with Gasteiger partial charge in [0.05, 0.1) is 22.3 Å². The van der Waals surface area contributed by atoms with Crippen LogP contribution in [0.5, 0.6) is 0 Å². The first kappa shape index (κ1) is 31.9. The molecule has 3 aromatic heterocycles. The third-order valence-electron chi connectivity index (χ3n) is 10.6. The number of hydrogen-bond donors (Lipinski definition) is 0. The topological polar surface area (TPSA) is 56.7 Å². The number of hydrogen-bond acceptors (Lipinski definition) is 4. The van der Waals surface area contributed by atoms with E-state index in [4.69, 9.17) is 19.4 Å². The van der Waals surface area contributed by atoms with Crippen LogP contribution in [-0.2, 0) is 0 Å². The molecule has 8 aromatic carbocycles. The second-order valence-corrected chi connectivity index (χ2v) is 14.0. The maximum Gasteiger partial charge on any atom is 0.167 e. The number of nitrogens with zero attached hydrogens (tertiary/aromatic N) is 4. The van der Waals surface area contributed by atoms with Crippen molar-refractivity contribution in [3.8, 4) is 62.1 Å². The molecule has 3 heterocycles. The first-order valence-electron chi connectivity index (χ1n) is 18.8. The van der Waals surface area contributed by atoms with E-state index in [9.17, 15) is 0 Å². The van der Waals surface area contributed by atoms with Crippen LogP contribution in [0.3, 0.4) is 0 Å². The summed E-state index contributed by atoms with van der Waals surface area (Å²) in [5.74, 6) is 1.77. The van der Waals surface area contributed by atoms with Gasteiger partial charge in [0, 0.05) is 32.7 Å². The van der Waals surface area contributed by atoms with Crippen molar-refractivity contribution >= 4 is 43.7 Å². The highest BCUT2D eigenvalue weighted by Crippen LogP contribution is 2.44. The van der Waals surface area contributed by atoms with Crippen molar-refractivity contribution in [3.05, 3.63) is 194 Å². The van der Waals surface area contributed by atoms with Crippen LogP contribution in [0.2, 0.25) is 0 Å². The van der Waals surface area contributed by atoms with Gasteiger partial charge in [-0.2, -0.15) is 0 Å². The molecule has 5 nitrogen and oxygen atoms in total. The predicted octanol–water partition coefficient (Wildman–Crippen LogP) is 13.2. The molecular formula is C51H32N4O. The van der Waals surface area contributed by atoms with Gasteiger partial charge in [-0.1, -0.05) is 164 Å². The van der Waals surface area contributed by atoms with E-state index in [2.05, 4.69) is 132 Å². The molecule has 56 heavy (non-hydrogen) atoms. The lowest BCUT2D eigenvalue weighted by molar-refractivity contribution is 0.667. The van der Waals surface area contributed by atoms with Crippen LogP contribution in [0, 0.1) is 0 Å². The molecule has 0 aliphatic carbocycles. The Morgan fingerprint density at radius 2 is 0.857 bits per heavy atom. The fourth-order valence-corrected chi connectivity index (χ4v) is 8.08. The molecule has 0 saturated heterocycles. The molecule has 0 aliphatic heterocycles. The van der Waals surface area contributed by atoms with Gasteiger partial charge in [-0.05, 0) is 52.6 Å². The minimum absolute atomic E-state index is 0.556. The van der Waals surface area contributed by atoms with Crippen LogP contribution in [0.1, 0.15) is 0 Å². The number of fused-ring (bicyclic) bond motifs is 6. The monoisotopic (exact) mass is 716 g/mol. The van der Waals surface area contributed by atoms with Crippen molar-refractivity contribution in [2.45, 2.75) is 0 Å². The van der Waals surface area contributed by atoms with Gasteiger partial charge in [0.2, 0.25) is 0 Å². The highest BCUT2D eigenvalue weighted by Gasteiger charge is 2.23. The van der Waals surface area contributed by atoms with Crippen molar-refractivity contribution < 1.29 is 4.42 Å². The summed E-state index contributed by atoms with van der Waals surface area (Å²) < 4.78 is 9.46. The largest absolute Gasteiger partial charge is 0.453 e. The Morgan fingerprint density at radius 1 is 0.339 bits per heavy atom. The first-order chi connectivity index (χ1) is 27.8. The van der Waals surface area contributed by atoms with Crippen LogP contribution >= 0.6 is 0 Å². The molecule has 0 N–H and O–H groups in total. The average molecular weight is 717 g/mol. The maximum atomic E-state index is 7.09. The highest BCUT2D eigenvalue weighted by molar-refractivity contribution is 6.18. The summed E-state index contributed by atoms with van der Waals surface area (Å²) in [5, 5.41) is 4.40. The first-order valence-corrected chi connectivity index (χ1v) is 18.8. The molecular weight excluding hydrogens is 685 g/mol. The lowest BCUT2D eigenvalue weighted by Crippen LogP contribution is -2.00. The summed E-state index contributed by atoms with van der Waals surface area (Å²) in [6, 6.07) is 67.4. The molecule has 0 saturated carbocycles. The van der Waals surface area contributed by atoms with Gasteiger partial charge in [0.15, 0.2) is 23.1 Å². The summed E-state index contributed by atoms with van der Waals surface area (Å²) in [4.78, 5) is 15.1. The molecule has 11 aromatic rings. The zero-order chi connectivity index (χ0) is 37.0. The SMILES string of the molecule is c1ccc(-c2cc(-c3ccccc3)c3c4ccccc4n(-c4cccc5c4oc4c(-c6nc(-c7ccccc7)nc(-c7ccccc7)n6)cccc45)c3c2)cc1. The maximum absolute atomic E-state index is 7.09. The zero-order valence-corrected chi connectivity index (χ0v) is 30.2. The Morgan fingerprint density at radius 3 is 1.52 bits per heavy atom. The van der Waals surface area contributed by atoms with Gasteiger partial charge in [0.1, 0.15) is 5.58 Å². The summed E-state index contributed by atoms with van der Waals surface area (Å²) >= 11 is 0. The van der Waals surface area contributed by atoms with Crippen LogP contribution in [0.15, 0.2) is 199 Å². The van der Waals surface area contributed by atoms with E-state index in [-0.39, 0.29) is 0 Å². The minimum Gasteiger partial charge on any atom is -0.453 e. The number of aromatic nitrogens is 4. The van der Waals surface area contributed by atoms with Gasteiger partial charge < -0.3 is 8.98 Å². The number of rotatable bonds is 6. The number of para-hydroxylation sites is 3. The minimum atomic E-state index is 0.556. The molecule has 0 aliphatic rings. The quantitative estimate of drug-likeness (QED) is 0.172. The lowest BCUT2D eigenvalue weighted by Gasteiger charge is -2.12. The van der Waals surface area contributed by atoms with E-state index >= 15 is 0 Å². The Balaban J connectivity index is 1.19. The van der Waals surface area contributed by atoms with E-state index in [0.29, 0.717) is 17.5 Å². The summed E-state index contributed by atoms with van der Waals surface area (Å²) in [6.45, 7) is 0. The van der Waals surface area contributed by atoms with Gasteiger partial charge in [-0.25, -0.2) is 15.0 Å². The molecule has 0 amide bonds. The van der Waals surface area contributed by atoms with E-state index in [1.54, 1.807) is 0 Å². The Labute approximate surface area is 322 Å². The molecule has 0 bridgehead atoms. The van der Waals surface area contributed by atoms with E-state index in [0.717, 1.165) is 66.5 Å². The van der Waals surface area contributed by atoms with Crippen molar-refractivity contribution in [1.29, 1.82) is 0 Å². The van der Waals surface area contributed by atoms with Crippen LogP contribution < -0.4 is 0 Å². The Bertz CT molecular complexity index is 3170. The molecule has 0 atom stereocenters. The smallest absolute Gasteiger partial charge is 0.167 e. The summed E-state index contributed by atoms with van der Waals surface area (Å²) in [5.41, 5.74) is 12.0. The number of benzene rings is 8. The van der Waals surface area contributed by atoms with Crippen molar-refractivity contribution in [1.82, 2.24) is 19.5 Å². The fourth-order valence-electron chi connectivity index (χ4n) is 8.08. The molecule has 0 unspecified atom stereocenters. The molecule has 11 rings (SSSR count). The van der Waals surface area contributed by atoms with E-state index in [1.807, 2.05) is 66.7 Å². The molecule has 0 spiro atoms. The van der Waals surface area contributed by atoms with Crippen LogP contribution in [0.25, 0.3) is 106 Å². The van der Waals surface area contributed by atoms with E-state index < -0.39 is 0 Å². The van der Waals surface area contributed by atoms with Gasteiger partial charge in [0.25, 0.3) is 0 Å². The summed E-state index contributed by atoms with van der Waals surface area (Å²) in [6.07, 6.45) is 0. The second-order valence-electron chi connectivity index (χ2n) is 14.0. The Kier molecular flexibility index (Phi) is 7.42. The predicted molar refractivity (Wildman–Crippen MR) is 229 cm³/mol. The van der Waals surface area contributed by atoms with Crippen LogP contribution in [-0.4, -0.2) is 19.5 Å². The van der Waals surface area contributed by atoms with Crippen LogP contribution in [0.4, 0.5) is 0 Å². The molecule has 0 fully saturated rings. The van der Waals surface area contributed by atoms with Gasteiger partial charge in [-0.3, -0.25) is 0 Å². The lowest BCUT2D eigenvalue weighted by atomic mass is 9.94. The Hall–Kier alpha value is -7.63. The highest BCUT2D eigenvalue weighted by atomic mass is 16.3. The molecule has 5 heteroatoms. The van der Waals surface area contributed by atoms with E-state index in [1.165, 1.54) is 21.9 Å². The zero-order valence-electron chi connectivity index (χ0n) is 30.2. The van der Waals surface area contributed by atoms with Crippen molar-refractivity contribution in [3.63, 3.8) is 0 Å². The van der Waals surface area contributed by atoms with Crippen molar-refractivity contribution in [2.75, 3.05) is 0 Å². The third kappa shape index (κ3) is 5.21. The molecule has 262 valence electrons.